The zero-order valence-corrected chi connectivity index (χ0v) is 14.7. The van der Waals surface area contributed by atoms with Gasteiger partial charge in [-0.2, -0.15) is 0 Å². The molecule has 1 aliphatic carbocycles. The summed E-state index contributed by atoms with van der Waals surface area (Å²) >= 11 is 0. The Morgan fingerprint density at radius 1 is 0.885 bits per heavy atom. The van der Waals surface area contributed by atoms with Crippen molar-refractivity contribution in [1.82, 2.24) is 5.32 Å². The molecule has 0 unspecified atom stereocenters. The molecule has 4 rings (SSSR count). The van der Waals surface area contributed by atoms with E-state index < -0.39 is 0 Å². The van der Waals surface area contributed by atoms with Crippen LogP contribution in [0.2, 0.25) is 0 Å². The zero-order chi connectivity index (χ0) is 17.8. The predicted octanol–water partition coefficient (Wildman–Crippen LogP) is 4.91. The van der Waals surface area contributed by atoms with E-state index in [1.165, 1.54) is 22.3 Å². The topological polar surface area (TPSA) is 45.4 Å². The van der Waals surface area contributed by atoms with Crippen molar-refractivity contribution >= 4 is 5.57 Å². The van der Waals surface area contributed by atoms with Gasteiger partial charge in [-0.3, -0.25) is 0 Å². The van der Waals surface area contributed by atoms with Crippen molar-refractivity contribution in [2.24, 2.45) is 0 Å². The van der Waals surface area contributed by atoms with E-state index in [-0.39, 0.29) is 0 Å². The molecule has 26 heavy (non-hydrogen) atoms. The number of fused-ring (bicyclic) bond motifs is 1. The van der Waals surface area contributed by atoms with Gasteiger partial charge in [0, 0.05) is 24.2 Å². The van der Waals surface area contributed by atoms with E-state index >= 15 is 0 Å². The zero-order valence-electron chi connectivity index (χ0n) is 14.7. The van der Waals surface area contributed by atoms with Gasteiger partial charge in [-0.1, -0.05) is 42.5 Å². The molecule has 1 aliphatic rings. The second-order valence-corrected chi connectivity index (χ2v) is 6.74. The van der Waals surface area contributed by atoms with Crippen LogP contribution in [0.25, 0.3) is 5.57 Å². The molecule has 1 aromatic heterocycles. The number of para-hydroxylation sites is 1. The van der Waals surface area contributed by atoms with Crippen molar-refractivity contribution < 1.29 is 9.52 Å². The van der Waals surface area contributed by atoms with Gasteiger partial charge in [0.1, 0.15) is 5.75 Å². The van der Waals surface area contributed by atoms with Crippen LogP contribution < -0.4 is 5.32 Å². The van der Waals surface area contributed by atoms with Crippen molar-refractivity contribution in [3.63, 3.8) is 0 Å². The molecular weight excluding hydrogens is 322 g/mol. The van der Waals surface area contributed by atoms with Gasteiger partial charge in [-0.05, 0) is 53.7 Å². The molecule has 0 spiro atoms. The Bertz CT molecular complexity index is 909. The lowest BCUT2D eigenvalue weighted by Crippen LogP contribution is -2.17. The first-order valence-corrected chi connectivity index (χ1v) is 9.13. The summed E-state index contributed by atoms with van der Waals surface area (Å²) in [6.45, 7) is 1.57. The minimum atomic E-state index is 0.339. The summed E-state index contributed by atoms with van der Waals surface area (Å²) in [7, 11) is 0. The van der Waals surface area contributed by atoms with Crippen molar-refractivity contribution in [1.29, 1.82) is 0 Å². The molecule has 0 atom stereocenters. The minimum Gasteiger partial charge on any atom is -0.507 e. The highest BCUT2D eigenvalue weighted by Crippen LogP contribution is 2.38. The van der Waals surface area contributed by atoms with E-state index in [0.717, 1.165) is 43.5 Å². The van der Waals surface area contributed by atoms with E-state index in [0.29, 0.717) is 5.75 Å². The predicted molar refractivity (Wildman–Crippen MR) is 104 cm³/mol. The van der Waals surface area contributed by atoms with Crippen LogP contribution in [0.4, 0.5) is 0 Å². The molecule has 0 amide bonds. The molecule has 0 bridgehead atoms. The van der Waals surface area contributed by atoms with E-state index in [9.17, 15) is 5.11 Å². The summed E-state index contributed by atoms with van der Waals surface area (Å²) in [4.78, 5) is 0. The van der Waals surface area contributed by atoms with Gasteiger partial charge in [0.15, 0.2) is 0 Å². The summed E-state index contributed by atoms with van der Waals surface area (Å²) < 4.78 is 5.14. The van der Waals surface area contributed by atoms with Gasteiger partial charge in [0.25, 0.3) is 0 Å². The Hall–Kier alpha value is -2.78. The Morgan fingerprint density at radius 3 is 2.50 bits per heavy atom. The molecule has 0 radical (unpaired) electrons. The van der Waals surface area contributed by atoms with Crippen molar-refractivity contribution in [2.45, 2.75) is 25.8 Å². The summed E-state index contributed by atoms with van der Waals surface area (Å²) in [5.41, 5.74) is 7.18. The normalized spacial score (nSPS) is 14.2. The van der Waals surface area contributed by atoms with Gasteiger partial charge in [0.2, 0.25) is 0 Å². The molecule has 1 heterocycles. The summed E-state index contributed by atoms with van der Waals surface area (Å²) in [6.07, 6.45) is 6.69. The molecular formula is C23H23NO2. The molecule has 0 saturated heterocycles. The number of aryl methyl sites for hydroxylation is 1. The number of aromatic hydroxyl groups is 1. The lowest BCUT2D eigenvalue weighted by molar-refractivity contribution is 0.473. The number of phenolic OH excluding ortho intramolecular Hbond substituents is 1. The summed E-state index contributed by atoms with van der Waals surface area (Å²) in [5, 5.41) is 14.0. The summed E-state index contributed by atoms with van der Waals surface area (Å²) in [5.74, 6) is 0.339. The average molecular weight is 345 g/mol. The van der Waals surface area contributed by atoms with Crippen LogP contribution in [0, 0.1) is 0 Å². The van der Waals surface area contributed by atoms with Crippen LogP contribution in [0.1, 0.15) is 35.1 Å². The lowest BCUT2D eigenvalue weighted by atomic mass is 9.90. The number of phenols is 1. The van der Waals surface area contributed by atoms with Gasteiger partial charge < -0.3 is 14.8 Å². The summed E-state index contributed by atoms with van der Waals surface area (Å²) in [6, 6.07) is 18.2. The van der Waals surface area contributed by atoms with E-state index in [2.05, 4.69) is 29.6 Å². The quantitative estimate of drug-likeness (QED) is 0.690. The van der Waals surface area contributed by atoms with Crippen LogP contribution in [-0.4, -0.2) is 11.7 Å². The number of hydrogen-bond acceptors (Lipinski definition) is 3. The van der Waals surface area contributed by atoms with Crippen molar-refractivity contribution in [3.8, 4) is 5.75 Å². The Morgan fingerprint density at radius 2 is 1.69 bits per heavy atom. The highest BCUT2D eigenvalue weighted by Gasteiger charge is 2.20. The maximum absolute atomic E-state index is 10.5. The SMILES string of the molecule is Oc1ccccc1C1=C(CNCc2ccoc2)CCCc2ccccc21. The fourth-order valence-electron chi connectivity index (χ4n) is 3.74. The number of hydrogen-bond donors (Lipinski definition) is 2. The fraction of sp³-hybridized carbons (Fsp3) is 0.217. The largest absolute Gasteiger partial charge is 0.507 e. The highest BCUT2D eigenvalue weighted by atomic mass is 16.3. The van der Waals surface area contributed by atoms with Crippen LogP contribution in [0.15, 0.2) is 77.1 Å². The molecule has 0 aliphatic heterocycles. The Labute approximate surface area is 154 Å². The van der Waals surface area contributed by atoms with Crippen LogP contribution in [0.3, 0.4) is 0 Å². The molecule has 3 nitrogen and oxygen atoms in total. The second-order valence-electron chi connectivity index (χ2n) is 6.74. The smallest absolute Gasteiger partial charge is 0.123 e. The number of furan rings is 1. The first kappa shape index (κ1) is 16.7. The van der Waals surface area contributed by atoms with Crippen LogP contribution >= 0.6 is 0 Å². The number of rotatable bonds is 5. The monoisotopic (exact) mass is 345 g/mol. The van der Waals surface area contributed by atoms with Crippen LogP contribution in [0.5, 0.6) is 5.75 Å². The third-order valence-electron chi connectivity index (χ3n) is 4.99. The minimum absolute atomic E-state index is 0.339. The molecule has 0 saturated carbocycles. The molecule has 2 N–H and O–H groups in total. The van der Waals surface area contributed by atoms with Gasteiger partial charge in [-0.15, -0.1) is 0 Å². The first-order chi connectivity index (χ1) is 12.8. The van der Waals surface area contributed by atoms with Crippen molar-refractivity contribution in [3.05, 3.63) is 95.0 Å². The first-order valence-electron chi connectivity index (χ1n) is 9.13. The Kier molecular flexibility index (Phi) is 4.89. The van der Waals surface area contributed by atoms with E-state index in [1.54, 1.807) is 18.6 Å². The average Bonchev–Trinajstić information content (AvgIpc) is 3.11. The fourth-order valence-corrected chi connectivity index (χ4v) is 3.74. The molecule has 2 aromatic carbocycles. The third-order valence-corrected chi connectivity index (χ3v) is 4.99. The molecule has 0 fully saturated rings. The highest BCUT2D eigenvalue weighted by molar-refractivity contribution is 5.86. The number of benzene rings is 2. The van der Waals surface area contributed by atoms with Gasteiger partial charge in [0.05, 0.1) is 12.5 Å². The number of nitrogens with one attached hydrogen (secondary N) is 1. The maximum Gasteiger partial charge on any atom is 0.123 e. The third kappa shape index (κ3) is 3.44. The second kappa shape index (κ2) is 7.63. The van der Waals surface area contributed by atoms with E-state index in [4.69, 9.17) is 4.42 Å². The standard InChI is InChI=1S/C23H23NO2/c25-22-11-4-3-10-21(22)23-19(15-24-14-17-12-13-26-16-17)8-5-7-18-6-1-2-9-20(18)23/h1-4,6,9-13,16,24-25H,5,7-8,14-15H2. The van der Waals surface area contributed by atoms with Crippen molar-refractivity contribution in [2.75, 3.05) is 6.54 Å². The molecule has 3 heteroatoms. The maximum atomic E-state index is 10.5. The van der Waals surface area contributed by atoms with Crippen LogP contribution in [-0.2, 0) is 13.0 Å². The Balaban J connectivity index is 1.73. The van der Waals surface area contributed by atoms with Gasteiger partial charge in [-0.25, -0.2) is 0 Å². The van der Waals surface area contributed by atoms with E-state index in [1.807, 2.05) is 24.3 Å². The molecule has 132 valence electrons. The lowest BCUT2D eigenvalue weighted by Gasteiger charge is -2.17. The van der Waals surface area contributed by atoms with Gasteiger partial charge >= 0.3 is 0 Å². The molecule has 3 aromatic rings.